The van der Waals surface area contributed by atoms with Crippen LogP contribution in [0.3, 0.4) is 0 Å². The number of thioether (sulfide) groups is 1. The van der Waals surface area contributed by atoms with Gasteiger partial charge in [0.15, 0.2) is 0 Å². The summed E-state index contributed by atoms with van der Waals surface area (Å²) in [6.45, 7) is 4.01. The van der Waals surface area contributed by atoms with Crippen LogP contribution in [0.2, 0.25) is 0 Å². The number of carbonyl (C=O) groups is 1. The van der Waals surface area contributed by atoms with Crippen LogP contribution in [0.25, 0.3) is 10.9 Å². The van der Waals surface area contributed by atoms with Gasteiger partial charge in [-0.1, -0.05) is 13.0 Å². The molecule has 0 radical (unpaired) electrons. The van der Waals surface area contributed by atoms with E-state index in [2.05, 4.69) is 17.2 Å². The standard InChI is InChI=1S/C20H27N3O2S.CO2/c1-3-26-12-19(24)23-14-7-9-15(10-8-14)25-18-6-4-5-17-20(18)16(21)11-13(2)22-17;2-1-3/h4-6,11,14-15H,3,7-10,12H2,1-2H3,(H2,21,22)(H,23,24);. The van der Waals surface area contributed by atoms with Crippen molar-refractivity contribution in [1.82, 2.24) is 10.3 Å². The van der Waals surface area contributed by atoms with E-state index in [9.17, 15) is 4.79 Å². The number of benzene rings is 1. The highest BCUT2D eigenvalue weighted by Crippen LogP contribution is 2.33. The molecule has 2 aromatic rings. The Morgan fingerprint density at radius 2 is 2.00 bits per heavy atom. The summed E-state index contributed by atoms with van der Waals surface area (Å²) in [5.74, 6) is 2.47. The van der Waals surface area contributed by atoms with Crippen LogP contribution >= 0.6 is 11.8 Å². The third-order valence-electron chi connectivity index (χ3n) is 4.72. The molecule has 0 spiro atoms. The average molecular weight is 418 g/mol. The predicted molar refractivity (Wildman–Crippen MR) is 114 cm³/mol. The molecule has 1 amide bonds. The fraction of sp³-hybridized carbons (Fsp3) is 0.476. The summed E-state index contributed by atoms with van der Waals surface area (Å²) in [6.07, 6.45) is 4.16. The number of nitrogens with one attached hydrogen (secondary N) is 1. The average Bonchev–Trinajstić information content (AvgIpc) is 2.68. The third-order valence-corrected chi connectivity index (χ3v) is 5.60. The summed E-state index contributed by atoms with van der Waals surface area (Å²) in [4.78, 5) is 32.7. The van der Waals surface area contributed by atoms with Gasteiger partial charge in [0.1, 0.15) is 5.75 Å². The second-order valence-electron chi connectivity index (χ2n) is 6.88. The molecule has 0 atom stereocenters. The van der Waals surface area contributed by atoms with E-state index in [0.717, 1.165) is 53.8 Å². The van der Waals surface area contributed by atoms with E-state index in [1.54, 1.807) is 11.8 Å². The maximum Gasteiger partial charge on any atom is 0.373 e. The Balaban J connectivity index is 0.000000941. The van der Waals surface area contributed by atoms with Gasteiger partial charge in [-0.3, -0.25) is 9.78 Å². The summed E-state index contributed by atoms with van der Waals surface area (Å²) in [7, 11) is 0. The Kier molecular flexibility index (Phi) is 8.96. The zero-order chi connectivity index (χ0) is 21.2. The lowest BCUT2D eigenvalue weighted by molar-refractivity contribution is -0.191. The molecule has 8 heteroatoms. The zero-order valence-electron chi connectivity index (χ0n) is 16.8. The van der Waals surface area contributed by atoms with Crippen molar-refractivity contribution in [3.8, 4) is 5.75 Å². The van der Waals surface area contributed by atoms with Gasteiger partial charge in [-0.05, 0) is 56.6 Å². The van der Waals surface area contributed by atoms with E-state index in [1.165, 1.54) is 0 Å². The number of amides is 1. The number of pyridine rings is 1. The molecule has 1 aromatic carbocycles. The molecule has 1 aliphatic rings. The highest BCUT2D eigenvalue weighted by atomic mass is 32.2. The number of aryl methyl sites for hydroxylation is 1. The van der Waals surface area contributed by atoms with E-state index >= 15 is 0 Å². The van der Waals surface area contributed by atoms with Crippen molar-refractivity contribution in [1.29, 1.82) is 0 Å². The van der Waals surface area contributed by atoms with E-state index in [1.807, 2.05) is 31.2 Å². The van der Waals surface area contributed by atoms with Gasteiger partial charge in [0.25, 0.3) is 0 Å². The third kappa shape index (κ3) is 6.76. The number of carbonyl (C=O) groups excluding carboxylic acids is 3. The lowest BCUT2D eigenvalue weighted by Crippen LogP contribution is -2.40. The van der Waals surface area contributed by atoms with E-state index < -0.39 is 0 Å². The number of rotatable bonds is 6. The first-order chi connectivity index (χ1) is 14.0. The van der Waals surface area contributed by atoms with Crippen LogP contribution in [0.15, 0.2) is 24.3 Å². The zero-order valence-corrected chi connectivity index (χ0v) is 17.6. The van der Waals surface area contributed by atoms with Crippen LogP contribution in [0.4, 0.5) is 5.69 Å². The molecule has 1 saturated carbocycles. The van der Waals surface area contributed by atoms with Gasteiger partial charge in [-0.15, -0.1) is 0 Å². The summed E-state index contributed by atoms with van der Waals surface area (Å²) in [5.41, 5.74) is 8.69. The number of ether oxygens (including phenoxy) is 1. The number of nitrogen functional groups attached to an aromatic ring is 1. The fourth-order valence-electron chi connectivity index (χ4n) is 3.49. The number of aromatic nitrogens is 1. The second-order valence-corrected chi connectivity index (χ2v) is 8.16. The molecule has 156 valence electrons. The minimum absolute atomic E-state index is 0.143. The summed E-state index contributed by atoms with van der Waals surface area (Å²) in [6, 6.07) is 8.04. The summed E-state index contributed by atoms with van der Waals surface area (Å²) < 4.78 is 6.27. The summed E-state index contributed by atoms with van der Waals surface area (Å²) in [5, 5.41) is 4.03. The molecule has 0 bridgehead atoms. The SMILES string of the molecule is CCSCC(=O)NC1CCC(Oc2cccc3nc(C)cc(N)c23)CC1.O=C=O. The van der Waals surface area contributed by atoms with Crippen LogP contribution in [-0.2, 0) is 14.4 Å². The molecule has 3 N–H and O–H groups in total. The Labute approximate surface area is 174 Å². The van der Waals surface area contributed by atoms with Crippen LogP contribution in [0.5, 0.6) is 5.75 Å². The second kappa shape index (κ2) is 11.4. The first kappa shape index (κ1) is 22.7. The van der Waals surface area contributed by atoms with E-state index in [0.29, 0.717) is 11.4 Å². The van der Waals surface area contributed by atoms with Crippen LogP contribution in [0.1, 0.15) is 38.3 Å². The molecule has 1 heterocycles. The fourth-order valence-corrected chi connectivity index (χ4v) is 3.96. The largest absolute Gasteiger partial charge is 0.490 e. The normalized spacial score (nSPS) is 18.3. The topological polar surface area (TPSA) is 111 Å². The molecule has 1 aliphatic carbocycles. The Morgan fingerprint density at radius 1 is 1.31 bits per heavy atom. The number of anilines is 1. The van der Waals surface area contributed by atoms with Crippen molar-refractivity contribution in [3.05, 3.63) is 30.0 Å². The predicted octanol–water partition coefficient (Wildman–Crippen LogP) is 3.10. The quantitative estimate of drug-likeness (QED) is 0.743. The Morgan fingerprint density at radius 3 is 2.66 bits per heavy atom. The van der Waals surface area contributed by atoms with Crippen LogP contribution in [-0.4, -0.2) is 40.7 Å². The Bertz CT molecular complexity index is 860. The van der Waals surface area contributed by atoms with Crippen molar-refractivity contribution in [2.24, 2.45) is 0 Å². The molecule has 1 fully saturated rings. The Hall–Kier alpha value is -2.57. The summed E-state index contributed by atoms with van der Waals surface area (Å²) >= 11 is 1.66. The lowest BCUT2D eigenvalue weighted by Gasteiger charge is -2.30. The number of nitrogens with zero attached hydrogens (tertiary/aromatic N) is 1. The minimum atomic E-state index is 0.143. The molecule has 7 nitrogen and oxygen atoms in total. The van der Waals surface area contributed by atoms with Crippen molar-refractivity contribution in [3.63, 3.8) is 0 Å². The highest BCUT2D eigenvalue weighted by molar-refractivity contribution is 7.99. The maximum absolute atomic E-state index is 11.9. The van der Waals surface area contributed by atoms with Crippen molar-refractivity contribution < 1.29 is 19.1 Å². The lowest BCUT2D eigenvalue weighted by atomic mass is 9.93. The van der Waals surface area contributed by atoms with Gasteiger partial charge in [0, 0.05) is 17.4 Å². The van der Waals surface area contributed by atoms with Gasteiger partial charge in [0.2, 0.25) is 5.91 Å². The van der Waals surface area contributed by atoms with Crippen molar-refractivity contribution in [2.45, 2.75) is 51.7 Å². The highest BCUT2D eigenvalue weighted by Gasteiger charge is 2.24. The number of hydrogen-bond donors (Lipinski definition) is 2. The van der Waals surface area contributed by atoms with Crippen molar-refractivity contribution >= 4 is 40.4 Å². The minimum Gasteiger partial charge on any atom is -0.490 e. The number of hydrogen-bond acceptors (Lipinski definition) is 7. The van der Waals surface area contributed by atoms with E-state index in [4.69, 9.17) is 20.1 Å². The maximum atomic E-state index is 11.9. The van der Waals surface area contributed by atoms with Gasteiger partial charge < -0.3 is 15.8 Å². The monoisotopic (exact) mass is 417 g/mol. The number of fused-ring (bicyclic) bond motifs is 1. The van der Waals surface area contributed by atoms with Crippen LogP contribution in [0, 0.1) is 6.92 Å². The van der Waals surface area contributed by atoms with Gasteiger partial charge in [-0.2, -0.15) is 21.4 Å². The smallest absolute Gasteiger partial charge is 0.373 e. The molecular formula is C21H27N3O4S. The molecule has 3 rings (SSSR count). The van der Waals surface area contributed by atoms with Gasteiger partial charge in [-0.25, -0.2) is 0 Å². The molecule has 0 saturated heterocycles. The molecule has 29 heavy (non-hydrogen) atoms. The molecular weight excluding hydrogens is 390 g/mol. The van der Waals surface area contributed by atoms with Gasteiger partial charge in [0.05, 0.1) is 22.8 Å². The molecule has 0 unspecified atom stereocenters. The van der Waals surface area contributed by atoms with Crippen molar-refractivity contribution in [2.75, 3.05) is 17.2 Å². The van der Waals surface area contributed by atoms with E-state index in [-0.39, 0.29) is 24.2 Å². The number of nitrogens with two attached hydrogens (primary N) is 1. The van der Waals surface area contributed by atoms with Gasteiger partial charge >= 0.3 is 6.15 Å². The first-order valence-electron chi connectivity index (χ1n) is 9.67. The van der Waals surface area contributed by atoms with Crippen LogP contribution < -0.4 is 15.8 Å². The molecule has 0 aliphatic heterocycles. The first-order valence-corrected chi connectivity index (χ1v) is 10.8. The molecule has 1 aromatic heterocycles.